The van der Waals surface area contributed by atoms with Gasteiger partial charge >= 0.3 is 0 Å². The van der Waals surface area contributed by atoms with Gasteiger partial charge in [0.15, 0.2) is 0 Å². The first kappa shape index (κ1) is 16.8. The van der Waals surface area contributed by atoms with Crippen molar-refractivity contribution in [3.05, 3.63) is 49.3 Å². The molecule has 0 amide bonds. The van der Waals surface area contributed by atoms with Gasteiger partial charge in [-0.15, -0.1) is 0 Å². The van der Waals surface area contributed by atoms with E-state index in [9.17, 15) is 0 Å². The highest BCUT2D eigenvalue weighted by Crippen LogP contribution is 2.28. The summed E-state index contributed by atoms with van der Waals surface area (Å²) in [5.74, 6) is 0. The highest BCUT2D eigenvalue weighted by atomic mass is 127. The Morgan fingerprint density at radius 3 is 2.71 bits per heavy atom. The van der Waals surface area contributed by atoms with E-state index < -0.39 is 0 Å². The molecule has 1 unspecified atom stereocenters. The molecule has 0 aliphatic carbocycles. The Kier molecular flexibility index (Phi) is 5.68. The lowest BCUT2D eigenvalue weighted by atomic mass is 10.0. The van der Waals surface area contributed by atoms with Crippen LogP contribution in [0.15, 0.2) is 18.2 Å². The minimum atomic E-state index is -0.0685. The highest BCUT2D eigenvalue weighted by molar-refractivity contribution is 14.1. The number of benzene rings is 1. The van der Waals surface area contributed by atoms with Crippen molar-refractivity contribution in [3.63, 3.8) is 0 Å². The van der Waals surface area contributed by atoms with Crippen molar-refractivity contribution in [2.45, 2.75) is 46.2 Å². The summed E-state index contributed by atoms with van der Waals surface area (Å²) in [5, 5.41) is 5.34. The standard InChI is InChI=1S/C16H21ClIN3/c1-4-13-15(17)14(21(5-2)20-13)9-12(19)11-8-6-7-10(3)16(11)18/h6-8,12H,4-5,9,19H2,1-3H3. The van der Waals surface area contributed by atoms with Gasteiger partial charge in [-0.1, -0.05) is 36.7 Å². The van der Waals surface area contributed by atoms with Crippen molar-refractivity contribution in [3.8, 4) is 0 Å². The normalized spacial score (nSPS) is 12.7. The summed E-state index contributed by atoms with van der Waals surface area (Å²) in [6.07, 6.45) is 1.55. The molecule has 0 aliphatic heterocycles. The number of nitrogens with zero attached hydrogens (tertiary/aromatic N) is 2. The van der Waals surface area contributed by atoms with E-state index in [1.807, 2.05) is 4.68 Å². The third kappa shape index (κ3) is 3.43. The second-order valence-corrected chi connectivity index (χ2v) is 6.62. The van der Waals surface area contributed by atoms with Crippen LogP contribution in [0.4, 0.5) is 0 Å². The van der Waals surface area contributed by atoms with Crippen LogP contribution in [-0.4, -0.2) is 9.78 Å². The lowest BCUT2D eigenvalue weighted by Gasteiger charge is -2.16. The van der Waals surface area contributed by atoms with Gasteiger partial charge in [0.25, 0.3) is 0 Å². The fourth-order valence-electron chi connectivity index (χ4n) is 2.49. The van der Waals surface area contributed by atoms with Gasteiger partial charge in [-0.3, -0.25) is 4.68 Å². The van der Waals surface area contributed by atoms with Crippen molar-refractivity contribution in [2.24, 2.45) is 5.73 Å². The molecule has 1 atom stereocenters. The Hall–Kier alpha value is -0.590. The molecule has 0 fully saturated rings. The Morgan fingerprint density at radius 2 is 2.10 bits per heavy atom. The lowest BCUT2D eigenvalue weighted by molar-refractivity contribution is 0.584. The summed E-state index contributed by atoms with van der Waals surface area (Å²) in [6, 6.07) is 6.20. The van der Waals surface area contributed by atoms with Crippen molar-refractivity contribution < 1.29 is 0 Å². The zero-order valence-corrected chi connectivity index (χ0v) is 15.6. The zero-order chi connectivity index (χ0) is 15.6. The summed E-state index contributed by atoms with van der Waals surface area (Å²) >= 11 is 8.84. The quantitative estimate of drug-likeness (QED) is 0.738. The minimum absolute atomic E-state index is 0.0685. The summed E-state index contributed by atoms with van der Waals surface area (Å²) in [6.45, 7) is 7.07. The van der Waals surface area contributed by atoms with Crippen LogP contribution in [0, 0.1) is 10.5 Å². The first-order valence-corrected chi connectivity index (χ1v) is 8.69. The maximum atomic E-state index is 6.47. The molecule has 2 N–H and O–H groups in total. The predicted molar refractivity (Wildman–Crippen MR) is 96.8 cm³/mol. The van der Waals surface area contributed by atoms with E-state index in [1.165, 1.54) is 14.7 Å². The van der Waals surface area contributed by atoms with Crippen LogP contribution in [0.25, 0.3) is 0 Å². The molecule has 114 valence electrons. The van der Waals surface area contributed by atoms with Crippen molar-refractivity contribution in [2.75, 3.05) is 0 Å². The molecule has 2 rings (SSSR count). The van der Waals surface area contributed by atoms with E-state index in [1.54, 1.807) is 0 Å². The fraction of sp³-hybridized carbons (Fsp3) is 0.438. The second kappa shape index (κ2) is 7.11. The van der Waals surface area contributed by atoms with E-state index in [0.717, 1.165) is 29.4 Å². The third-order valence-electron chi connectivity index (χ3n) is 3.73. The van der Waals surface area contributed by atoms with Gasteiger partial charge < -0.3 is 5.73 Å². The van der Waals surface area contributed by atoms with Crippen LogP contribution in [0.2, 0.25) is 5.02 Å². The molecule has 1 aromatic heterocycles. The zero-order valence-electron chi connectivity index (χ0n) is 12.7. The molecule has 0 radical (unpaired) electrons. The number of aromatic nitrogens is 2. The van der Waals surface area contributed by atoms with Gasteiger partial charge in [-0.05, 0) is 54.0 Å². The average molecular weight is 418 g/mol. The van der Waals surface area contributed by atoms with E-state index in [2.05, 4.69) is 66.7 Å². The summed E-state index contributed by atoms with van der Waals surface area (Å²) < 4.78 is 3.21. The molecule has 21 heavy (non-hydrogen) atoms. The highest BCUT2D eigenvalue weighted by Gasteiger charge is 2.19. The molecule has 0 bridgehead atoms. The molecule has 0 spiro atoms. The summed E-state index contributed by atoms with van der Waals surface area (Å²) in [5.41, 5.74) is 10.9. The summed E-state index contributed by atoms with van der Waals surface area (Å²) in [4.78, 5) is 0. The maximum absolute atomic E-state index is 6.47. The van der Waals surface area contributed by atoms with Crippen LogP contribution in [-0.2, 0) is 19.4 Å². The Morgan fingerprint density at radius 1 is 1.38 bits per heavy atom. The first-order valence-electron chi connectivity index (χ1n) is 7.24. The number of hydrogen-bond acceptors (Lipinski definition) is 2. The average Bonchev–Trinajstić information content (AvgIpc) is 2.78. The molecule has 1 aromatic carbocycles. The molecular formula is C16H21ClIN3. The topological polar surface area (TPSA) is 43.8 Å². The van der Waals surface area contributed by atoms with Crippen LogP contribution >= 0.6 is 34.2 Å². The molecule has 5 heteroatoms. The van der Waals surface area contributed by atoms with Crippen LogP contribution < -0.4 is 5.73 Å². The molecule has 3 nitrogen and oxygen atoms in total. The van der Waals surface area contributed by atoms with Gasteiger partial charge in [-0.2, -0.15) is 5.10 Å². The fourth-order valence-corrected chi connectivity index (χ4v) is 3.59. The van der Waals surface area contributed by atoms with Crippen LogP contribution in [0.5, 0.6) is 0 Å². The number of rotatable bonds is 5. The van der Waals surface area contributed by atoms with Crippen molar-refractivity contribution in [1.82, 2.24) is 9.78 Å². The van der Waals surface area contributed by atoms with Gasteiger partial charge in [-0.25, -0.2) is 0 Å². The largest absolute Gasteiger partial charge is 0.324 e. The van der Waals surface area contributed by atoms with Crippen molar-refractivity contribution in [1.29, 1.82) is 0 Å². The van der Waals surface area contributed by atoms with Gasteiger partial charge in [0, 0.05) is 22.6 Å². The predicted octanol–water partition coefficient (Wildman–Crippen LogP) is 4.27. The maximum Gasteiger partial charge on any atom is 0.0850 e. The molecular weight excluding hydrogens is 397 g/mol. The van der Waals surface area contributed by atoms with Gasteiger partial charge in [0.05, 0.1) is 16.4 Å². The monoisotopic (exact) mass is 417 g/mol. The van der Waals surface area contributed by atoms with Gasteiger partial charge in [0.2, 0.25) is 0 Å². The molecule has 2 aromatic rings. The Balaban J connectivity index is 2.33. The number of nitrogens with two attached hydrogens (primary N) is 1. The van der Waals surface area contributed by atoms with E-state index >= 15 is 0 Å². The SMILES string of the molecule is CCc1nn(CC)c(CC(N)c2cccc(C)c2I)c1Cl. The number of halogens is 2. The number of aryl methyl sites for hydroxylation is 3. The molecule has 1 heterocycles. The Labute approximate surface area is 145 Å². The third-order valence-corrected chi connectivity index (χ3v) is 5.64. The summed E-state index contributed by atoms with van der Waals surface area (Å²) in [7, 11) is 0. The lowest BCUT2D eigenvalue weighted by Crippen LogP contribution is -2.17. The van der Waals surface area contributed by atoms with Crippen LogP contribution in [0.1, 0.15) is 42.4 Å². The number of hydrogen-bond donors (Lipinski definition) is 1. The second-order valence-electron chi connectivity index (χ2n) is 5.17. The minimum Gasteiger partial charge on any atom is -0.324 e. The molecule has 0 saturated heterocycles. The van der Waals surface area contributed by atoms with E-state index in [4.69, 9.17) is 17.3 Å². The van der Waals surface area contributed by atoms with E-state index in [0.29, 0.717) is 6.42 Å². The smallest absolute Gasteiger partial charge is 0.0850 e. The Bertz CT molecular complexity index is 637. The molecule has 0 saturated carbocycles. The van der Waals surface area contributed by atoms with Crippen molar-refractivity contribution >= 4 is 34.2 Å². The van der Waals surface area contributed by atoms with E-state index in [-0.39, 0.29) is 6.04 Å². The molecule has 0 aliphatic rings. The van der Waals surface area contributed by atoms with Crippen LogP contribution in [0.3, 0.4) is 0 Å². The first-order chi connectivity index (χ1) is 9.99. The van der Waals surface area contributed by atoms with Gasteiger partial charge in [0.1, 0.15) is 0 Å².